The van der Waals surface area contributed by atoms with Gasteiger partial charge in [0.25, 0.3) is 0 Å². The molecule has 2 unspecified atom stereocenters. The normalized spacial score (nSPS) is 16.7. The zero-order valence-electron chi connectivity index (χ0n) is 24.7. The predicted octanol–water partition coefficient (Wildman–Crippen LogP) is 6.95. The van der Waals surface area contributed by atoms with Crippen LogP contribution >= 0.6 is 11.8 Å². The molecule has 1 saturated heterocycles. The lowest BCUT2D eigenvalue weighted by atomic mass is 9.60. The van der Waals surface area contributed by atoms with Gasteiger partial charge in [-0.2, -0.15) is 0 Å². The van der Waals surface area contributed by atoms with Gasteiger partial charge in [-0.25, -0.2) is 9.97 Å². The fourth-order valence-electron chi connectivity index (χ4n) is 6.49. The number of hydrogen-bond acceptors (Lipinski definition) is 6. The summed E-state index contributed by atoms with van der Waals surface area (Å²) in [6, 6.07) is 41.5. The minimum absolute atomic E-state index is 0.0441. The number of ether oxygens (including phenoxy) is 1. The van der Waals surface area contributed by atoms with Crippen LogP contribution in [0.25, 0.3) is 11.2 Å². The molecule has 1 aliphatic rings. The highest BCUT2D eigenvalue weighted by Crippen LogP contribution is 2.51. The number of hydrogen-bond donors (Lipinski definition) is 0. The number of benzene rings is 4. The molecule has 6 aromatic rings. The Bertz CT molecular complexity index is 1860. The molecule has 0 N–H and O–H groups in total. The lowest BCUT2D eigenvalue weighted by Crippen LogP contribution is -2.44. The van der Waals surface area contributed by atoms with Gasteiger partial charge in [0.15, 0.2) is 11.4 Å². The van der Waals surface area contributed by atoms with Gasteiger partial charge in [0.05, 0.1) is 16.2 Å². The monoisotopic (exact) mass is 609 g/mol. The number of Topliss-reactive ketones (excluding diaryl/α,β-unsaturated/α-hetero) is 1. The van der Waals surface area contributed by atoms with E-state index in [2.05, 4.69) is 9.97 Å². The maximum absolute atomic E-state index is 14.4. The first kappa shape index (κ1) is 28.7. The van der Waals surface area contributed by atoms with E-state index in [1.165, 1.54) is 11.8 Å². The fraction of sp³-hybridized carbons (Fsp3) is 0.158. The molecule has 4 aromatic carbocycles. The van der Waals surface area contributed by atoms with Gasteiger partial charge in [-0.15, -0.1) is 0 Å². The minimum Gasteiger partial charge on any atom is -0.486 e. The lowest BCUT2D eigenvalue weighted by molar-refractivity contribution is -0.128. The maximum atomic E-state index is 14.4. The number of imidazole rings is 1. The van der Waals surface area contributed by atoms with Gasteiger partial charge in [0.1, 0.15) is 24.1 Å². The van der Waals surface area contributed by atoms with Gasteiger partial charge in [0.2, 0.25) is 5.12 Å². The van der Waals surface area contributed by atoms with E-state index in [1.807, 2.05) is 139 Å². The number of nitrogens with zero attached hydrogens (tertiary/aromatic N) is 3. The largest absolute Gasteiger partial charge is 0.486 e. The Morgan fingerprint density at radius 2 is 1.33 bits per heavy atom. The molecule has 6 nitrogen and oxygen atoms in total. The lowest BCUT2D eigenvalue weighted by Gasteiger charge is -2.39. The Hall–Kier alpha value is -5.01. The number of pyridine rings is 1. The highest BCUT2D eigenvalue weighted by atomic mass is 32.2. The molecule has 2 aromatic heterocycles. The molecule has 2 atom stereocenters. The summed E-state index contributed by atoms with van der Waals surface area (Å²) in [7, 11) is 1.95. The van der Waals surface area contributed by atoms with Crippen LogP contribution in [0.1, 0.15) is 28.1 Å². The molecule has 45 heavy (non-hydrogen) atoms. The topological polar surface area (TPSA) is 74.1 Å². The van der Waals surface area contributed by atoms with Crippen LogP contribution in [0, 0.1) is 5.92 Å². The maximum Gasteiger partial charge on any atom is 0.201 e. The standard InChI is InChI=1S/C38H31N3O3S/c1-41-31-18-11-23-39-36(31)40-33(41)25-44-30-21-19-26(20-22-30)24-32-35(42)34(37(43)45-32)38(27-12-5-2-6-13-27,28-14-7-3-8-15-28)29-16-9-4-10-17-29/h2-23,32,34H,24-25H2,1H3. The van der Waals surface area contributed by atoms with E-state index in [4.69, 9.17) is 4.74 Å². The van der Waals surface area contributed by atoms with E-state index in [-0.39, 0.29) is 10.9 Å². The van der Waals surface area contributed by atoms with Crippen LogP contribution in [-0.4, -0.2) is 30.7 Å². The first-order valence-electron chi connectivity index (χ1n) is 14.9. The van der Waals surface area contributed by atoms with Crippen molar-refractivity contribution in [1.29, 1.82) is 0 Å². The van der Waals surface area contributed by atoms with E-state index in [9.17, 15) is 9.59 Å². The Kier molecular flexibility index (Phi) is 7.78. The molecule has 3 heterocycles. The number of aryl methyl sites for hydroxylation is 1. The SMILES string of the molecule is Cn1c(COc2ccc(CC3SC(=O)C(C(c4ccccc4)(c4ccccc4)c4ccccc4)C3=O)cc2)nc2ncccc21. The van der Waals surface area contributed by atoms with Crippen molar-refractivity contribution >= 4 is 33.8 Å². The smallest absolute Gasteiger partial charge is 0.201 e. The van der Waals surface area contributed by atoms with Gasteiger partial charge in [-0.05, 0) is 52.9 Å². The second-order valence-corrected chi connectivity index (χ2v) is 12.4. The number of carbonyl (C=O) groups is 2. The Morgan fingerprint density at radius 1 is 0.756 bits per heavy atom. The molecule has 7 rings (SSSR count). The van der Waals surface area contributed by atoms with Crippen molar-refractivity contribution in [2.24, 2.45) is 13.0 Å². The first-order chi connectivity index (χ1) is 22.1. The molecule has 1 aliphatic heterocycles. The van der Waals surface area contributed by atoms with Crippen molar-refractivity contribution in [2.75, 3.05) is 0 Å². The zero-order valence-corrected chi connectivity index (χ0v) is 25.6. The van der Waals surface area contributed by atoms with Crippen molar-refractivity contribution in [2.45, 2.75) is 23.7 Å². The van der Waals surface area contributed by atoms with Gasteiger partial charge in [0, 0.05) is 13.2 Å². The molecule has 0 bridgehead atoms. The molecule has 222 valence electrons. The third-order valence-corrected chi connectivity index (χ3v) is 9.83. The molecule has 0 aliphatic carbocycles. The van der Waals surface area contributed by atoms with Crippen LogP contribution in [0.2, 0.25) is 0 Å². The van der Waals surface area contributed by atoms with E-state index in [1.54, 1.807) is 6.20 Å². The van der Waals surface area contributed by atoms with Crippen LogP contribution in [-0.2, 0) is 35.1 Å². The van der Waals surface area contributed by atoms with Gasteiger partial charge >= 0.3 is 0 Å². The Labute approximate surface area is 266 Å². The second-order valence-electron chi connectivity index (χ2n) is 11.2. The molecule has 0 amide bonds. The van der Waals surface area contributed by atoms with Gasteiger partial charge < -0.3 is 9.30 Å². The highest BCUT2D eigenvalue weighted by Gasteiger charge is 2.56. The van der Waals surface area contributed by atoms with E-state index >= 15 is 0 Å². The number of ketones is 1. The minimum atomic E-state index is -0.956. The van der Waals surface area contributed by atoms with Crippen molar-refractivity contribution in [3.8, 4) is 5.75 Å². The summed E-state index contributed by atoms with van der Waals surface area (Å²) in [6.07, 6.45) is 2.18. The molecule has 0 radical (unpaired) electrons. The third-order valence-electron chi connectivity index (χ3n) is 8.68. The highest BCUT2D eigenvalue weighted by molar-refractivity contribution is 8.15. The second kappa shape index (κ2) is 12.2. The average molecular weight is 610 g/mol. The molecule has 1 fully saturated rings. The summed E-state index contributed by atoms with van der Waals surface area (Å²) in [4.78, 5) is 37.4. The van der Waals surface area contributed by atoms with Crippen LogP contribution in [0.15, 0.2) is 134 Å². The Balaban J connectivity index is 1.15. The fourth-order valence-corrected chi connectivity index (χ4v) is 7.73. The summed E-state index contributed by atoms with van der Waals surface area (Å²) in [5.41, 5.74) is 4.43. The summed E-state index contributed by atoms with van der Waals surface area (Å²) < 4.78 is 8.02. The summed E-state index contributed by atoms with van der Waals surface area (Å²) >= 11 is 1.17. The number of rotatable bonds is 9. The van der Waals surface area contributed by atoms with Gasteiger partial charge in [-0.1, -0.05) is 115 Å². The van der Waals surface area contributed by atoms with Crippen molar-refractivity contribution in [1.82, 2.24) is 14.5 Å². The van der Waals surface area contributed by atoms with E-state index in [0.29, 0.717) is 24.4 Å². The number of aromatic nitrogens is 3. The first-order valence-corrected chi connectivity index (χ1v) is 15.8. The number of carbonyl (C=O) groups excluding carboxylic acids is 2. The van der Waals surface area contributed by atoms with E-state index < -0.39 is 16.6 Å². The molecule has 7 heteroatoms. The van der Waals surface area contributed by atoms with E-state index in [0.717, 1.165) is 33.6 Å². The molecule has 0 saturated carbocycles. The summed E-state index contributed by atoms with van der Waals surface area (Å²) in [5.74, 6) is 0.570. The average Bonchev–Trinajstić information content (AvgIpc) is 3.56. The number of thioether (sulfide) groups is 1. The summed E-state index contributed by atoms with van der Waals surface area (Å²) in [5, 5.41) is -0.587. The van der Waals surface area contributed by atoms with Crippen LogP contribution < -0.4 is 4.74 Å². The van der Waals surface area contributed by atoms with Crippen molar-refractivity contribution < 1.29 is 14.3 Å². The third kappa shape index (κ3) is 5.23. The quantitative estimate of drug-likeness (QED) is 0.130. The van der Waals surface area contributed by atoms with Crippen molar-refractivity contribution in [3.05, 3.63) is 162 Å². The molecule has 0 spiro atoms. The van der Waals surface area contributed by atoms with Crippen LogP contribution in [0.4, 0.5) is 0 Å². The number of fused-ring (bicyclic) bond motifs is 1. The van der Waals surface area contributed by atoms with Gasteiger partial charge in [-0.3, -0.25) is 9.59 Å². The summed E-state index contributed by atoms with van der Waals surface area (Å²) in [6.45, 7) is 0.305. The van der Waals surface area contributed by atoms with Crippen LogP contribution in [0.5, 0.6) is 5.75 Å². The molecular weight excluding hydrogens is 579 g/mol. The zero-order chi connectivity index (χ0) is 30.8. The van der Waals surface area contributed by atoms with Crippen LogP contribution in [0.3, 0.4) is 0 Å². The molecular formula is C38H31N3O3S. The Morgan fingerprint density at radius 3 is 1.89 bits per heavy atom. The van der Waals surface area contributed by atoms with Crippen molar-refractivity contribution in [3.63, 3.8) is 0 Å². The predicted molar refractivity (Wildman–Crippen MR) is 177 cm³/mol.